The summed E-state index contributed by atoms with van der Waals surface area (Å²) < 4.78 is 1.91. The molecular formula is C17H23N3O. The fraction of sp³-hybridized carbons (Fsp3) is 0.529. The van der Waals surface area contributed by atoms with Gasteiger partial charge in [-0.2, -0.15) is 5.10 Å². The predicted molar refractivity (Wildman–Crippen MR) is 84.3 cm³/mol. The molecule has 0 bridgehead atoms. The van der Waals surface area contributed by atoms with Crippen LogP contribution in [0.3, 0.4) is 0 Å². The van der Waals surface area contributed by atoms with Crippen molar-refractivity contribution in [3.8, 4) is 0 Å². The van der Waals surface area contributed by atoms with Crippen molar-refractivity contribution in [2.24, 2.45) is 7.05 Å². The average Bonchev–Trinajstić information content (AvgIpc) is 3.14. The van der Waals surface area contributed by atoms with E-state index in [2.05, 4.69) is 49.4 Å². The molecule has 4 heteroatoms. The van der Waals surface area contributed by atoms with Crippen molar-refractivity contribution in [2.45, 2.75) is 51.5 Å². The van der Waals surface area contributed by atoms with Crippen LogP contribution in [0, 0.1) is 0 Å². The van der Waals surface area contributed by atoms with Gasteiger partial charge < -0.3 is 5.32 Å². The maximum atomic E-state index is 12.0. The third-order valence-electron chi connectivity index (χ3n) is 4.02. The van der Waals surface area contributed by atoms with Crippen molar-refractivity contribution < 1.29 is 4.79 Å². The average molecular weight is 285 g/mol. The molecule has 3 rings (SSSR count). The zero-order chi connectivity index (χ0) is 15.2. The number of amides is 1. The number of fused-ring (bicyclic) bond motifs is 1. The molecule has 0 atom stereocenters. The van der Waals surface area contributed by atoms with Crippen molar-refractivity contribution in [1.82, 2.24) is 15.1 Å². The van der Waals surface area contributed by atoms with Crippen LogP contribution in [0.1, 0.15) is 44.9 Å². The Kier molecular flexibility index (Phi) is 3.27. The highest BCUT2D eigenvalue weighted by atomic mass is 16.1. The van der Waals surface area contributed by atoms with E-state index in [-0.39, 0.29) is 11.3 Å². The molecule has 112 valence electrons. The summed E-state index contributed by atoms with van der Waals surface area (Å²) in [6.45, 7) is 6.61. The molecule has 4 nitrogen and oxygen atoms in total. The number of carbonyl (C=O) groups excluding carboxylic acids is 1. The lowest BCUT2D eigenvalue weighted by molar-refractivity contribution is -0.120. The number of aromatic nitrogens is 2. The molecule has 0 spiro atoms. The topological polar surface area (TPSA) is 46.9 Å². The first-order valence-electron chi connectivity index (χ1n) is 7.60. The smallest absolute Gasteiger partial charge is 0.226 e. The van der Waals surface area contributed by atoms with E-state index in [9.17, 15) is 4.79 Å². The minimum Gasteiger partial charge on any atom is -0.353 e. The zero-order valence-corrected chi connectivity index (χ0v) is 13.2. The molecule has 21 heavy (non-hydrogen) atoms. The second-order valence-corrected chi connectivity index (χ2v) is 7.04. The van der Waals surface area contributed by atoms with Gasteiger partial charge in [-0.1, -0.05) is 39.0 Å². The third-order valence-corrected chi connectivity index (χ3v) is 4.02. The van der Waals surface area contributed by atoms with Crippen LogP contribution in [-0.4, -0.2) is 21.7 Å². The SMILES string of the molecule is Cn1nc(CC(=O)NC2CC2)c2cccc(C(C)(C)C)c21. The molecule has 1 aliphatic rings. The highest BCUT2D eigenvalue weighted by molar-refractivity contribution is 5.90. The number of nitrogens with one attached hydrogen (secondary N) is 1. The van der Waals surface area contributed by atoms with E-state index in [0.29, 0.717) is 12.5 Å². The van der Waals surface area contributed by atoms with Crippen LogP contribution in [0.15, 0.2) is 18.2 Å². The Morgan fingerprint density at radius 3 is 2.71 bits per heavy atom. The van der Waals surface area contributed by atoms with E-state index in [4.69, 9.17) is 0 Å². The molecular weight excluding hydrogens is 262 g/mol. The Balaban J connectivity index is 1.99. The maximum absolute atomic E-state index is 12.0. The summed E-state index contributed by atoms with van der Waals surface area (Å²) in [5.41, 5.74) is 3.33. The molecule has 1 aromatic carbocycles. The van der Waals surface area contributed by atoms with Gasteiger partial charge in [0.25, 0.3) is 0 Å². The lowest BCUT2D eigenvalue weighted by Crippen LogP contribution is -2.27. The Morgan fingerprint density at radius 2 is 2.10 bits per heavy atom. The van der Waals surface area contributed by atoms with E-state index in [1.54, 1.807) is 0 Å². The van der Waals surface area contributed by atoms with Crippen molar-refractivity contribution >= 4 is 16.8 Å². The number of rotatable bonds is 3. The number of para-hydroxylation sites is 1. The number of hydrogen-bond acceptors (Lipinski definition) is 2. The lowest BCUT2D eigenvalue weighted by Gasteiger charge is -2.20. The minimum atomic E-state index is 0.0564. The van der Waals surface area contributed by atoms with Crippen molar-refractivity contribution in [3.05, 3.63) is 29.5 Å². The van der Waals surface area contributed by atoms with Gasteiger partial charge >= 0.3 is 0 Å². The highest BCUT2D eigenvalue weighted by Gasteiger charge is 2.25. The summed E-state index contributed by atoms with van der Waals surface area (Å²) in [6.07, 6.45) is 2.59. The van der Waals surface area contributed by atoms with E-state index in [1.165, 1.54) is 5.56 Å². The number of hydrogen-bond donors (Lipinski definition) is 1. The number of nitrogens with zero attached hydrogens (tertiary/aromatic N) is 2. The highest BCUT2D eigenvalue weighted by Crippen LogP contribution is 2.31. The molecule has 1 heterocycles. The fourth-order valence-electron chi connectivity index (χ4n) is 2.80. The van der Waals surface area contributed by atoms with Crippen LogP contribution >= 0.6 is 0 Å². The molecule has 1 fully saturated rings. The van der Waals surface area contributed by atoms with Gasteiger partial charge in [-0.3, -0.25) is 9.48 Å². The van der Waals surface area contributed by atoms with Gasteiger partial charge in [-0.15, -0.1) is 0 Å². The molecule has 1 saturated carbocycles. The first-order chi connectivity index (χ1) is 9.86. The first kappa shape index (κ1) is 14.1. The second kappa shape index (κ2) is 4.86. The Morgan fingerprint density at radius 1 is 1.38 bits per heavy atom. The van der Waals surface area contributed by atoms with E-state index >= 15 is 0 Å². The number of carbonyl (C=O) groups is 1. The van der Waals surface area contributed by atoms with Crippen LogP contribution in [-0.2, 0) is 23.7 Å². The normalized spacial score (nSPS) is 15.4. The van der Waals surface area contributed by atoms with Crippen LogP contribution in [0.2, 0.25) is 0 Å². The minimum absolute atomic E-state index is 0.0564. The van der Waals surface area contributed by atoms with E-state index in [0.717, 1.165) is 29.4 Å². The molecule has 1 amide bonds. The van der Waals surface area contributed by atoms with Gasteiger partial charge in [-0.05, 0) is 23.8 Å². The molecule has 1 N–H and O–H groups in total. The maximum Gasteiger partial charge on any atom is 0.226 e. The van der Waals surface area contributed by atoms with Gasteiger partial charge in [-0.25, -0.2) is 0 Å². The molecule has 0 unspecified atom stereocenters. The quantitative estimate of drug-likeness (QED) is 0.942. The Labute approximate surface area is 125 Å². The van der Waals surface area contributed by atoms with Crippen molar-refractivity contribution in [2.75, 3.05) is 0 Å². The second-order valence-electron chi connectivity index (χ2n) is 7.04. The summed E-state index contributed by atoms with van der Waals surface area (Å²) in [6, 6.07) is 6.68. The molecule has 2 aromatic rings. The zero-order valence-electron chi connectivity index (χ0n) is 13.2. The first-order valence-corrected chi connectivity index (χ1v) is 7.60. The lowest BCUT2D eigenvalue weighted by atomic mass is 9.85. The summed E-state index contributed by atoms with van der Waals surface area (Å²) in [5.74, 6) is 0.0821. The van der Waals surface area contributed by atoms with Crippen LogP contribution < -0.4 is 5.32 Å². The van der Waals surface area contributed by atoms with Gasteiger partial charge in [0, 0.05) is 18.5 Å². The third kappa shape index (κ3) is 2.80. The van der Waals surface area contributed by atoms with Crippen LogP contribution in [0.5, 0.6) is 0 Å². The number of benzene rings is 1. The number of aryl methyl sites for hydroxylation is 1. The van der Waals surface area contributed by atoms with Gasteiger partial charge in [0.15, 0.2) is 0 Å². The van der Waals surface area contributed by atoms with E-state index < -0.39 is 0 Å². The Hall–Kier alpha value is -1.84. The predicted octanol–water partition coefficient (Wildman–Crippen LogP) is 2.69. The van der Waals surface area contributed by atoms with Crippen LogP contribution in [0.4, 0.5) is 0 Å². The molecule has 0 aliphatic heterocycles. The Bertz CT molecular complexity index is 690. The summed E-state index contributed by atoms with van der Waals surface area (Å²) in [7, 11) is 1.96. The molecule has 0 radical (unpaired) electrons. The van der Waals surface area contributed by atoms with Crippen LogP contribution in [0.25, 0.3) is 10.9 Å². The summed E-state index contributed by atoms with van der Waals surface area (Å²) in [5, 5.41) is 8.71. The van der Waals surface area contributed by atoms with E-state index in [1.807, 2.05) is 11.7 Å². The van der Waals surface area contributed by atoms with Gasteiger partial charge in [0.05, 0.1) is 17.6 Å². The standard InChI is InChI=1S/C17H23N3O/c1-17(2,3)13-7-5-6-12-14(19-20(4)16(12)13)10-15(21)18-11-8-9-11/h5-7,11H,8-10H2,1-4H3,(H,18,21). The fourth-order valence-corrected chi connectivity index (χ4v) is 2.80. The summed E-state index contributed by atoms with van der Waals surface area (Å²) >= 11 is 0. The van der Waals surface area contributed by atoms with Gasteiger partial charge in [0.1, 0.15) is 0 Å². The monoisotopic (exact) mass is 285 g/mol. The molecule has 0 saturated heterocycles. The van der Waals surface area contributed by atoms with Crippen molar-refractivity contribution in [1.29, 1.82) is 0 Å². The largest absolute Gasteiger partial charge is 0.353 e. The molecule has 1 aliphatic carbocycles. The van der Waals surface area contributed by atoms with Crippen molar-refractivity contribution in [3.63, 3.8) is 0 Å². The summed E-state index contributed by atoms with van der Waals surface area (Å²) in [4.78, 5) is 12.0. The molecule has 1 aromatic heterocycles. The van der Waals surface area contributed by atoms with Gasteiger partial charge in [0.2, 0.25) is 5.91 Å².